The Kier molecular flexibility index (Phi) is 4.73. The van der Waals surface area contributed by atoms with Gasteiger partial charge in [0.2, 0.25) is 0 Å². The molecule has 2 aromatic rings. The quantitative estimate of drug-likeness (QED) is 0.731. The molecule has 0 bridgehead atoms. The zero-order valence-electron chi connectivity index (χ0n) is 11.1. The van der Waals surface area contributed by atoms with E-state index in [4.69, 9.17) is 4.74 Å². The van der Waals surface area contributed by atoms with Gasteiger partial charge in [0.15, 0.2) is 5.78 Å². The fourth-order valence-corrected chi connectivity index (χ4v) is 2.04. The Labute approximate surface area is 114 Å². The van der Waals surface area contributed by atoms with Crippen molar-refractivity contribution in [2.24, 2.45) is 0 Å². The molecule has 0 aromatic heterocycles. The van der Waals surface area contributed by atoms with Gasteiger partial charge < -0.3 is 4.74 Å². The van der Waals surface area contributed by atoms with E-state index in [2.05, 4.69) is 12.1 Å². The van der Waals surface area contributed by atoms with Crippen LogP contribution in [0, 0.1) is 0 Å². The lowest BCUT2D eigenvalue weighted by atomic mass is 10.0. The van der Waals surface area contributed by atoms with Crippen LogP contribution in [0.2, 0.25) is 0 Å². The van der Waals surface area contributed by atoms with Gasteiger partial charge in [-0.15, -0.1) is 0 Å². The zero-order valence-corrected chi connectivity index (χ0v) is 11.1. The molecule has 0 saturated carbocycles. The molecular formula is C17H18O2. The van der Waals surface area contributed by atoms with Gasteiger partial charge in [0.1, 0.15) is 5.75 Å². The Hall–Kier alpha value is -2.09. The number of Topliss-reactive ketones (excluding diaryl/α,β-unsaturated/α-hetero) is 1. The van der Waals surface area contributed by atoms with Gasteiger partial charge in [-0.1, -0.05) is 42.5 Å². The topological polar surface area (TPSA) is 26.3 Å². The van der Waals surface area contributed by atoms with Crippen LogP contribution in [0.1, 0.15) is 28.8 Å². The van der Waals surface area contributed by atoms with Crippen molar-refractivity contribution in [2.75, 3.05) is 7.11 Å². The van der Waals surface area contributed by atoms with Crippen LogP contribution in [-0.4, -0.2) is 12.9 Å². The first-order chi connectivity index (χ1) is 9.29. The number of hydrogen-bond donors (Lipinski definition) is 0. The number of carbonyl (C=O) groups is 1. The molecule has 0 aliphatic heterocycles. The molecule has 0 fully saturated rings. The number of rotatable bonds is 6. The van der Waals surface area contributed by atoms with Crippen molar-refractivity contribution >= 4 is 5.78 Å². The number of benzene rings is 2. The molecule has 0 atom stereocenters. The highest BCUT2D eigenvalue weighted by molar-refractivity contribution is 5.96. The second-order valence-corrected chi connectivity index (χ2v) is 4.49. The summed E-state index contributed by atoms with van der Waals surface area (Å²) in [5.74, 6) is 0.906. The standard InChI is InChI=1S/C17H18O2/c1-19-16-11-6-10-15(13-16)17(18)12-5-9-14-7-3-2-4-8-14/h2-4,6-8,10-11,13H,5,9,12H2,1H3. The average molecular weight is 254 g/mol. The Morgan fingerprint density at radius 2 is 1.84 bits per heavy atom. The number of aryl methyl sites for hydroxylation is 1. The highest BCUT2D eigenvalue weighted by atomic mass is 16.5. The zero-order chi connectivity index (χ0) is 13.5. The summed E-state index contributed by atoms with van der Waals surface area (Å²) in [6.45, 7) is 0. The second-order valence-electron chi connectivity index (χ2n) is 4.49. The van der Waals surface area contributed by atoms with Crippen molar-refractivity contribution in [1.29, 1.82) is 0 Å². The maximum Gasteiger partial charge on any atom is 0.163 e. The number of ether oxygens (including phenoxy) is 1. The Morgan fingerprint density at radius 3 is 2.58 bits per heavy atom. The largest absolute Gasteiger partial charge is 0.497 e. The van der Waals surface area contributed by atoms with Gasteiger partial charge >= 0.3 is 0 Å². The van der Waals surface area contributed by atoms with Crippen LogP contribution in [0.3, 0.4) is 0 Å². The van der Waals surface area contributed by atoms with E-state index in [0.717, 1.165) is 24.2 Å². The van der Waals surface area contributed by atoms with Crippen LogP contribution in [0.25, 0.3) is 0 Å². The lowest BCUT2D eigenvalue weighted by Crippen LogP contribution is -2.00. The highest BCUT2D eigenvalue weighted by Crippen LogP contribution is 2.15. The average Bonchev–Trinajstić information content (AvgIpc) is 2.48. The van der Waals surface area contributed by atoms with Crippen LogP contribution in [-0.2, 0) is 6.42 Å². The molecule has 0 spiro atoms. The summed E-state index contributed by atoms with van der Waals surface area (Å²) in [6, 6.07) is 17.6. The minimum atomic E-state index is 0.176. The third kappa shape index (κ3) is 3.95. The van der Waals surface area contributed by atoms with Gasteiger partial charge in [0.25, 0.3) is 0 Å². The van der Waals surface area contributed by atoms with Crippen LogP contribution in [0.15, 0.2) is 54.6 Å². The smallest absolute Gasteiger partial charge is 0.163 e. The Bertz CT molecular complexity index is 532. The second kappa shape index (κ2) is 6.74. The molecule has 0 radical (unpaired) electrons. The molecule has 2 heteroatoms. The first kappa shape index (κ1) is 13.3. The molecule has 2 aromatic carbocycles. The summed E-state index contributed by atoms with van der Waals surface area (Å²) in [6.07, 6.45) is 2.39. The van der Waals surface area contributed by atoms with E-state index in [1.54, 1.807) is 13.2 Å². The van der Waals surface area contributed by atoms with Crippen molar-refractivity contribution in [1.82, 2.24) is 0 Å². The lowest BCUT2D eigenvalue weighted by molar-refractivity contribution is 0.0980. The van der Waals surface area contributed by atoms with Crippen molar-refractivity contribution in [2.45, 2.75) is 19.3 Å². The fourth-order valence-electron chi connectivity index (χ4n) is 2.04. The fraction of sp³-hybridized carbons (Fsp3) is 0.235. The van der Waals surface area contributed by atoms with Gasteiger partial charge in [-0.05, 0) is 30.5 Å². The summed E-state index contributed by atoms with van der Waals surface area (Å²) in [4.78, 5) is 12.0. The molecule has 0 heterocycles. The third-order valence-electron chi connectivity index (χ3n) is 3.10. The maximum absolute atomic E-state index is 12.0. The summed E-state index contributed by atoms with van der Waals surface area (Å²) in [5, 5.41) is 0. The molecule has 0 unspecified atom stereocenters. The minimum absolute atomic E-state index is 0.176. The van der Waals surface area contributed by atoms with Crippen molar-refractivity contribution < 1.29 is 9.53 Å². The summed E-state index contributed by atoms with van der Waals surface area (Å²) in [7, 11) is 1.61. The van der Waals surface area contributed by atoms with E-state index in [-0.39, 0.29) is 5.78 Å². The van der Waals surface area contributed by atoms with E-state index in [0.29, 0.717) is 6.42 Å². The highest BCUT2D eigenvalue weighted by Gasteiger charge is 2.06. The van der Waals surface area contributed by atoms with Crippen molar-refractivity contribution in [3.05, 3.63) is 65.7 Å². The summed E-state index contributed by atoms with van der Waals surface area (Å²) < 4.78 is 5.13. The summed E-state index contributed by atoms with van der Waals surface area (Å²) >= 11 is 0. The number of hydrogen-bond acceptors (Lipinski definition) is 2. The number of carbonyl (C=O) groups excluding carboxylic acids is 1. The lowest BCUT2D eigenvalue weighted by Gasteiger charge is -2.04. The van der Waals surface area contributed by atoms with Crippen LogP contribution in [0.5, 0.6) is 5.75 Å². The third-order valence-corrected chi connectivity index (χ3v) is 3.10. The van der Waals surface area contributed by atoms with E-state index < -0.39 is 0 Å². The normalized spacial score (nSPS) is 10.2. The molecule has 0 saturated heterocycles. The van der Waals surface area contributed by atoms with Crippen LogP contribution < -0.4 is 4.74 Å². The molecule has 0 aliphatic carbocycles. The SMILES string of the molecule is COc1cccc(C(=O)CCCc2ccccc2)c1. The Balaban J connectivity index is 1.87. The van der Waals surface area contributed by atoms with Gasteiger partial charge in [-0.25, -0.2) is 0 Å². The number of methoxy groups -OCH3 is 1. The molecular weight excluding hydrogens is 236 g/mol. The molecule has 0 N–H and O–H groups in total. The first-order valence-electron chi connectivity index (χ1n) is 6.51. The van der Waals surface area contributed by atoms with Crippen molar-refractivity contribution in [3.8, 4) is 5.75 Å². The first-order valence-corrected chi connectivity index (χ1v) is 6.51. The molecule has 0 amide bonds. The molecule has 19 heavy (non-hydrogen) atoms. The van der Waals surface area contributed by atoms with E-state index >= 15 is 0 Å². The van der Waals surface area contributed by atoms with Gasteiger partial charge in [-0.3, -0.25) is 4.79 Å². The van der Waals surface area contributed by atoms with Crippen LogP contribution >= 0.6 is 0 Å². The predicted octanol–water partition coefficient (Wildman–Crippen LogP) is 3.90. The van der Waals surface area contributed by atoms with E-state index in [1.807, 2.05) is 36.4 Å². The number of ketones is 1. The maximum atomic E-state index is 12.0. The molecule has 2 nitrogen and oxygen atoms in total. The molecule has 0 aliphatic rings. The van der Waals surface area contributed by atoms with E-state index in [1.165, 1.54) is 5.56 Å². The monoisotopic (exact) mass is 254 g/mol. The van der Waals surface area contributed by atoms with E-state index in [9.17, 15) is 4.79 Å². The van der Waals surface area contributed by atoms with Gasteiger partial charge in [0, 0.05) is 12.0 Å². The van der Waals surface area contributed by atoms with Gasteiger partial charge in [-0.2, -0.15) is 0 Å². The Morgan fingerprint density at radius 1 is 1.05 bits per heavy atom. The molecule has 2 rings (SSSR count). The summed E-state index contributed by atoms with van der Waals surface area (Å²) in [5.41, 5.74) is 2.01. The van der Waals surface area contributed by atoms with Gasteiger partial charge in [0.05, 0.1) is 7.11 Å². The minimum Gasteiger partial charge on any atom is -0.497 e. The predicted molar refractivity (Wildman–Crippen MR) is 76.7 cm³/mol. The molecule has 98 valence electrons. The van der Waals surface area contributed by atoms with Crippen LogP contribution in [0.4, 0.5) is 0 Å². The van der Waals surface area contributed by atoms with Crippen molar-refractivity contribution in [3.63, 3.8) is 0 Å².